The number of carbonyl (C=O) groups is 1. The SMILES string of the molecule is Cc1c(C(=O)/C=C/NNc2ccc(S(N)(=O)=O)cc2)sc2nc3ccccc3n12. The number of aromatic nitrogens is 2. The largest absolute Gasteiger partial charge is 0.308 e. The summed E-state index contributed by atoms with van der Waals surface area (Å²) >= 11 is 1.35. The van der Waals surface area contributed by atoms with Crippen molar-refractivity contribution in [3.8, 4) is 0 Å². The summed E-state index contributed by atoms with van der Waals surface area (Å²) in [4.78, 5) is 18.6. The fraction of sp³-hybridized carbons (Fsp3) is 0.0526. The fourth-order valence-electron chi connectivity index (χ4n) is 2.94. The van der Waals surface area contributed by atoms with Crippen molar-refractivity contribution in [2.75, 3.05) is 5.43 Å². The van der Waals surface area contributed by atoms with E-state index in [0.29, 0.717) is 10.6 Å². The molecule has 0 fully saturated rings. The van der Waals surface area contributed by atoms with Crippen LogP contribution in [0.4, 0.5) is 5.69 Å². The average Bonchev–Trinajstić information content (AvgIpc) is 3.21. The number of hydrogen-bond donors (Lipinski definition) is 3. The van der Waals surface area contributed by atoms with Gasteiger partial charge in [0.15, 0.2) is 10.7 Å². The number of para-hydroxylation sites is 2. The molecule has 4 rings (SSSR count). The molecule has 0 saturated carbocycles. The van der Waals surface area contributed by atoms with Crippen LogP contribution in [-0.2, 0) is 10.0 Å². The molecule has 148 valence electrons. The number of hydrogen-bond acceptors (Lipinski definition) is 7. The fourth-order valence-corrected chi connectivity index (χ4v) is 4.51. The molecule has 0 saturated heterocycles. The Labute approximate surface area is 170 Å². The van der Waals surface area contributed by atoms with E-state index in [4.69, 9.17) is 5.14 Å². The highest BCUT2D eigenvalue weighted by molar-refractivity contribution is 7.89. The lowest BCUT2D eigenvalue weighted by Gasteiger charge is -2.06. The summed E-state index contributed by atoms with van der Waals surface area (Å²) in [5.41, 5.74) is 8.98. The number of sulfonamides is 1. The van der Waals surface area contributed by atoms with Crippen LogP contribution in [0, 0.1) is 6.92 Å². The maximum absolute atomic E-state index is 12.6. The van der Waals surface area contributed by atoms with Crippen LogP contribution in [-0.4, -0.2) is 23.6 Å². The molecule has 0 spiro atoms. The van der Waals surface area contributed by atoms with Gasteiger partial charge in [-0.2, -0.15) is 0 Å². The number of rotatable bonds is 6. The molecule has 0 aliphatic carbocycles. The van der Waals surface area contributed by atoms with Crippen LogP contribution in [0.3, 0.4) is 0 Å². The molecule has 0 amide bonds. The van der Waals surface area contributed by atoms with Crippen LogP contribution in [0.15, 0.2) is 65.7 Å². The van der Waals surface area contributed by atoms with Crippen LogP contribution in [0.25, 0.3) is 16.0 Å². The first-order valence-corrected chi connectivity index (χ1v) is 10.9. The first-order chi connectivity index (χ1) is 13.8. The summed E-state index contributed by atoms with van der Waals surface area (Å²) in [5, 5.41) is 5.06. The van der Waals surface area contributed by atoms with E-state index >= 15 is 0 Å². The third kappa shape index (κ3) is 3.73. The van der Waals surface area contributed by atoms with Crippen molar-refractivity contribution in [3.05, 3.63) is 71.4 Å². The van der Waals surface area contributed by atoms with Crippen molar-refractivity contribution in [2.24, 2.45) is 5.14 Å². The van der Waals surface area contributed by atoms with Gasteiger partial charge >= 0.3 is 0 Å². The molecule has 0 bridgehead atoms. The van der Waals surface area contributed by atoms with Crippen LogP contribution in [0.1, 0.15) is 15.4 Å². The number of nitrogens with zero attached hydrogens (tertiary/aromatic N) is 2. The number of fused-ring (bicyclic) bond motifs is 3. The molecule has 2 aromatic carbocycles. The van der Waals surface area contributed by atoms with Crippen molar-refractivity contribution in [1.82, 2.24) is 14.8 Å². The van der Waals surface area contributed by atoms with Gasteiger partial charge < -0.3 is 10.9 Å². The van der Waals surface area contributed by atoms with Crippen molar-refractivity contribution >= 4 is 48.8 Å². The lowest BCUT2D eigenvalue weighted by atomic mass is 10.2. The van der Waals surface area contributed by atoms with Crippen LogP contribution >= 0.6 is 11.3 Å². The third-order valence-electron chi connectivity index (χ3n) is 4.33. The summed E-state index contributed by atoms with van der Waals surface area (Å²) in [7, 11) is -3.72. The molecule has 0 aliphatic rings. The predicted octanol–water partition coefficient (Wildman–Crippen LogP) is 2.82. The van der Waals surface area contributed by atoms with Crippen LogP contribution < -0.4 is 16.0 Å². The third-order valence-corrected chi connectivity index (χ3v) is 6.41. The van der Waals surface area contributed by atoms with Gasteiger partial charge in [0, 0.05) is 18.0 Å². The number of thiazole rings is 1. The molecule has 0 aliphatic heterocycles. The van der Waals surface area contributed by atoms with E-state index in [1.807, 2.05) is 35.6 Å². The number of anilines is 1. The smallest absolute Gasteiger partial charge is 0.238 e. The number of nitrogens with one attached hydrogen (secondary N) is 2. The second kappa shape index (κ2) is 7.32. The van der Waals surface area contributed by atoms with E-state index in [2.05, 4.69) is 15.8 Å². The summed E-state index contributed by atoms with van der Waals surface area (Å²) in [6, 6.07) is 13.7. The summed E-state index contributed by atoms with van der Waals surface area (Å²) in [6.07, 6.45) is 2.90. The number of benzene rings is 2. The topological polar surface area (TPSA) is 119 Å². The number of carbonyl (C=O) groups excluding carboxylic acids is 1. The van der Waals surface area contributed by atoms with Gasteiger partial charge in [-0.1, -0.05) is 23.5 Å². The molecule has 0 unspecified atom stereocenters. The zero-order chi connectivity index (χ0) is 20.6. The number of ketones is 1. The number of imidazole rings is 1. The van der Waals surface area contributed by atoms with Gasteiger partial charge in [0.05, 0.1) is 26.5 Å². The maximum atomic E-state index is 12.6. The molecular formula is C19H17N5O3S2. The second-order valence-electron chi connectivity index (χ2n) is 6.27. The molecule has 0 atom stereocenters. The van der Waals surface area contributed by atoms with E-state index in [0.717, 1.165) is 21.7 Å². The number of aryl methyl sites for hydroxylation is 1. The van der Waals surface area contributed by atoms with E-state index in [-0.39, 0.29) is 10.7 Å². The van der Waals surface area contributed by atoms with Crippen molar-refractivity contribution in [3.63, 3.8) is 0 Å². The number of primary sulfonamides is 1. The van der Waals surface area contributed by atoms with Crippen molar-refractivity contribution < 1.29 is 13.2 Å². The predicted molar refractivity (Wildman–Crippen MR) is 113 cm³/mol. The minimum atomic E-state index is -3.72. The van der Waals surface area contributed by atoms with Crippen LogP contribution in [0.5, 0.6) is 0 Å². The van der Waals surface area contributed by atoms with E-state index < -0.39 is 10.0 Å². The first kappa shape index (κ1) is 19.1. The van der Waals surface area contributed by atoms with Crippen molar-refractivity contribution in [1.29, 1.82) is 0 Å². The second-order valence-corrected chi connectivity index (χ2v) is 8.81. The van der Waals surface area contributed by atoms with Gasteiger partial charge in [-0.25, -0.2) is 18.5 Å². The Morgan fingerprint density at radius 1 is 1.17 bits per heavy atom. The first-order valence-electron chi connectivity index (χ1n) is 8.56. The number of nitrogens with two attached hydrogens (primary N) is 1. The molecule has 10 heteroatoms. The van der Waals surface area contributed by atoms with Gasteiger partial charge in [0.25, 0.3) is 0 Å². The Kier molecular flexibility index (Phi) is 4.82. The highest BCUT2D eigenvalue weighted by Crippen LogP contribution is 2.28. The zero-order valence-corrected chi connectivity index (χ0v) is 16.9. The van der Waals surface area contributed by atoms with Gasteiger partial charge in [-0.3, -0.25) is 9.20 Å². The lowest BCUT2D eigenvalue weighted by Crippen LogP contribution is -2.15. The monoisotopic (exact) mass is 427 g/mol. The Morgan fingerprint density at radius 2 is 1.90 bits per heavy atom. The van der Waals surface area contributed by atoms with E-state index in [1.54, 1.807) is 12.1 Å². The van der Waals surface area contributed by atoms with Gasteiger partial charge in [0.2, 0.25) is 10.0 Å². The molecule has 4 aromatic rings. The average molecular weight is 428 g/mol. The molecular weight excluding hydrogens is 410 g/mol. The highest BCUT2D eigenvalue weighted by Gasteiger charge is 2.17. The Bertz CT molecular complexity index is 1350. The number of allylic oxidation sites excluding steroid dienone is 1. The van der Waals surface area contributed by atoms with Gasteiger partial charge in [-0.15, -0.1) is 0 Å². The molecule has 8 nitrogen and oxygen atoms in total. The molecule has 4 N–H and O–H groups in total. The molecule has 2 aromatic heterocycles. The Balaban J connectivity index is 1.45. The Hall–Kier alpha value is -3.21. The molecule has 29 heavy (non-hydrogen) atoms. The summed E-state index contributed by atoms with van der Waals surface area (Å²) in [6.45, 7) is 1.90. The quantitative estimate of drug-likeness (QED) is 0.247. The van der Waals surface area contributed by atoms with E-state index in [1.165, 1.54) is 35.7 Å². The van der Waals surface area contributed by atoms with Gasteiger partial charge in [-0.05, 0) is 43.3 Å². The maximum Gasteiger partial charge on any atom is 0.238 e. The Morgan fingerprint density at radius 3 is 2.62 bits per heavy atom. The molecule has 0 radical (unpaired) electrons. The molecule has 2 heterocycles. The van der Waals surface area contributed by atoms with E-state index in [9.17, 15) is 13.2 Å². The normalized spacial score (nSPS) is 12.1. The minimum Gasteiger partial charge on any atom is -0.308 e. The highest BCUT2D eigenvalue weighted by atomic mass is 32.2. The summed E-state index contributed by atoms with van der Waals surface area (Å²) in [5.74, 6) is -0.138. The zero-order valence-electron chi connectivity index (χ0n) is 15.3. The summed E-state index contributed by atoms with van der Waals surface area (Å²) < 4.78 is 24.5. The number of hydrazine groups is 1. The van der Waals surface area contributed by atoms with Crippen molar-refractivity contribution in [2.45, 2.75) is 11.8 Å². The van der Waals surface area contributed by atoms with Crippen LogP contribution in [0.2, 0.25) is 0 Å². The lowest BCUT2D eigenvalue weighted by molar-refractivity contribution is 0.104. The van der Waals surface area contributed by atoms with Gasteiger partial charge in [0.1, 0.15) is 0 Å². The standard InChI is InChI=1S/C19H17N5O3S2/c1-12-18(28-19-22-15-4-2-3-5-16(15)24(12)19)17(25)10-11-21-23-13-6-8-14(9-7-13)29(20,26)27/h2-11,21,23H,1H3,(H2,20,26,27)/b11-10+. The minimum absolute atomic E-state index is 0.0273.